The molecular weight excluding hydrogens is 438 g/mol. The quantitative estimate of drug-likeness (QED) is 0.140. The molecule has 35 heavy (non-hydrogen) atoms. The number of nitrogens with two attached hydrogens (primary N) is 1. The van der Waals surface area contributed by atoms with Gasteiger partial charge in [0.25, 0.3) is 0 Å². The van der Waals surface area contributed by atoms with Crippen LogP contribution in [-0.2, 0) is 4.79 Å². The summed E-state index contributed by atoms with van der Waals surface area (Å²) in [5.41, 5.74) is 11.9. The highest BCUT2D eigenvalue weighted by Gasteiger charge is 2.33. The minimum atomic E-state index is -0.634. The number of carbonyl (C=O) groups is 1. The molecule has 4 unspecified atom stereocenters. The number of allylic oxidation sites excluding steroid dienone is 5. The van der Waals surface area contributed by atoms with Crippen molar-refractivity contribution in [2.75, 3.05) is 0 Å². The predicted octanol–water partition coefficient (Wildman–Crippen LogP) is 5.90. The normalized spacial score (nSPS) is 25.0. The first-order valence-electron chi connectivity index (χ1n) is 13.5. The molecule has 202 valence electrons. The molecular formula is C29H53N3O3. The van der Waals surface area contributed by atoms with Gasteiger partial charge >= 0.3 is 0 Å². The van der Waals surface area contributed by atoms with Crippen molar-refractivity contribution < 1.29 is 15.0 Å². The van der Waals surface area contributed by atoms with Crippen molar-refractivity contribution in [3.8, 4) is 0 Å². The van der Waals surface area contributed by atoms with Crippen molar-refractivity contribution >= 4 is 5.91 Å². The van der Waals surface area contributed by atoms with E-state index in [1.807, 2.05) is 20.8 Å². The van der Waals surface area contributed by atoms with E-state index in [2.05, 4.69) is 49.5 Å². The highest BCUT2D eigenvalue weighted by Crippen LogP contribution is 2.43. The third kappa shape index (κ3) is 11.8. The van der Waals surface area contributed by atoms with Gasteiger partial charge in [-0.15, -0.1) is 0 Å². The maximum absolute atomic E-state index is 11.8. The lowest BCUT2D eigenvalue weighted by Gasteiger charge is -2.38. The van der Waals surface area contributed by atoms with E-state index in [-0.39, 0.29) is 23.2 Å². The molecule has 0 aromatic heterocycles. The van der Waals surface area contributed by atoms with Crippen LogP contribution in [0, 0.1) is 29.1 Å². The first-order valence-corrected chi connectivity index (χ1v) is 13.5. The first kappa shape index (κ1) is 31.4. The maximum Gasteiger partial charge on any atom is 0.234 e. The molecule has 0 saturated carbocycles. The molecule has 2 rings (SSSR count). The number of aliphatic hydroxyl groups is 2. The number of hydrogen-bond donors (Lipinski definition) is 5. The Kier molecular flexibility index (Phi) is 12.7. The van der Waals surface area contributed by atoms with Crippen LogP contribution < -0.4 is 16.6 Å². The first-order chi connectivity index (χ1) is 16.2. The van der Waals surface area contributed by atoms with E-state index in [1.54, 1.807) is 13.8 Å². The zero-order valence-corrected chi connectivity index (χ0v) is 23.4. The number of aliphatic hydroxyl groups excluding tert-OH is 2. The lowest BCUT2D eigenvalue weighted by molar-refractivity contribution is -0.122. The molecule has 1 amide bonds. The zero-order chi connectivity index (χ0) is 26.8. The van der Waals surface area contributed by atoms with Crippen molar-refractivity contribution in [2.24, 2.45) is 34.8 Å². The Labute approximate surface area is 214 Å². The predicted molar refractivity (Wildman–Crippen MR) is 146 cm³/mol. The van der Waals surface area contributed by atoms with Gasteiger partial charge in [-0.1, -0.05) is 59.4 Å². The summed E-state index contributed by atoms with van der Waals surface area (Å²) in [6.07, 6.45) is 13.9. The van der Waals surface area contributed by atoms with Crippen molar-refractivity contribution in [1.82, 2.24) is 10.9 Å². The van der Waals surface area contributed by atoms with Crippen LogP contribution in [0.3, 0.4) is 0 Å². The van der Waals surface area contributed by atoms with Gasteiger partial charge in [-0.2, -0.15) is 0 Å². The van der Waals surface area contributed by atoms with Crippen molar-refractivity contribution in [2.45, 2.75) is 112 Å². The summed E-state index contributed by atoms with van der Waals surface area (Å²) in [5, 5.41) is 19.3. The van der Waals surface area contributed by atoms with Crippen LogP contribution in [0.5, 0.6) is 0 Å². The van der Waals surface area contributed by atoms with E-state index >= 15 is 0 Å². The molecule has 0 saturated heterocycles. The number of amides is 1. The molecule has 0 spiro atoms. The fourth-order valence-electron chi connectivity index (χ4n) is 4.55. The van der Waals surface area contributed by atoms with E-state index in [9.17, 15) is 9.90 Å². The summed E-state index contributed by atoms with van der Waals surface area (Å²) in [6, 6.07) is 0. The van der Waals surface area contributed by atoms with Crippen molar-refractivity contribution in [3.05, 3.63) is 36.1 Å². The molecule has 0 bridgehead atoms. The summed E-state index contributed by atoms with van der Waals surface area (Å²) in [6.45, 7) is 17.6. The van der Waals surface area contributed by atoms with Crippen LogP contribution in [0.1, 0.15) is 99.8 Å². The fraction of sp³-hybridized carbons (Fsp3) is 0.759. The minimum Gasteiger partial charge on any atom is -0.512 e. The molecule has 2 aliphatic rings. The average molecular weight is 492 g/mol. The van der Waals surface area contributed by atoms with E-state index in [0.717, 1.165) is 19.3 Å². The third-order valence-electron chi connectivity index (χ3n) is 7.59. The second-order valence-electron chi connectivity index (χ2n) is 11.9. The molecule has 6 heteroatoms. The Morgan fingerprint density at radius 1 is 1.23 bits per heavy atom. The van der Waals surface area contributed by atoms with E-state index in [0.29, 0.717) is 42.9 Å². The van der Waals surface area contributed by atoms with Crippen molar-refractivity contribution in [1.29, 1.82) is 0 Å². The highest BCUT2D eigenvalue weighted by molar-refractivity contribution is 5.75. The molecule has 0 radical (unpaired) electrons. The van der Waals surface area contributed by atoms with Gasteiger partial charge in [0, 0.05) is 11.8 Å². The number of rotatable bonds is 11. The fourth-order valence-corrected chi connectivity index (χ4v) is 4.55. The summed E-state index contributed by atoms with van der Waals surface area (Å²) < 4.78 is 0. The largest absolute Gasteiger partial charge is 0.512 e. The van der Waals surface area contributed by atoms with Crippen LogP contribution in [-0.4, -0.2) is 27.9 Å². The number of nitrogens with one attached hydrogen (secondary N) is 2. The van der Waals surface area contributed by atoms with Gasteiger partial charge < -0.3 is 15.9 Å². The van der Waals surface area contributed by atoms with Gasteiger partial charge in [0.15, 0.2) is 0 Å². The smallest absolute Gasteiger partial charge is 0.234 e. The summed E-state index contributed by atoms with van der Waals surface area (Å²) >= 11 is 0. The third-order valence-corrected chi connectivity index (χ3v) is 7.59. The Bertz CT molecular complexity index is 736. The molecule has 0 heterocycles. The van der Waals surface area contributed by atoms with Gasteiger partial charge in [-0.3, -0.25) is 10.2 Å². The standard InChI is InChI=1S/C22H39N3O2.C7H14O/c1-15-8-12-20-17(14-15)10-9-16(2)19(20)13-11-18(26)6-5-7-21(27)24-25-22(3,4)23;1-5-7(3,4)6(2)8/h9-10,14-16,18-20,25-26H,5-8,11-13,23H2,1-4H3,(H,24,27);8H,2,5H2,1,3-4H3/t15-,16?,18?,19?,20?;/m1./s1. The molecule has 0 aromatic carbocycles. The van der Waals surface area contributed by atoms with Crippen LogP contribution in [0.25, 0.3) is 0 Å². The monoisotopic (exact) mass is 491 g/mol. The summed E-state index contributed by atoms with van der Waals surface area (Å²) in [7, 11) is 0. The topological polar surface area (TPSA) is 108 Å². The second kappa shape index (κ2) is 14.2. The average Bonchev–Trinajstić information content (AvgIpc) is 2.77. The van der Waals surface area contributed by atoms with Crippen LogP contribution in [0.15, 0.2) is 36.1 Å². The zero-order valence-electron chi connectivity index (χ0n) is 23.4. The molecule has 0 aliphatic heterocycles. The summed E-state index contributed by atoms with van der Waals surface area (Å²) in [5.74, 6) is 2.74. The SMILES string of the molecule is C=C(O)C(C)(C)CC.CC1C=CC2=C[C@H](C)CCC2C1CCC(O)CCCC(=O)NNC(C)(C)N. The molecule has 2 aliphatic carbocycles. The second-order valence-corrected chi connectivity index (χ2v) is 11.9. The van der Waals surface area contributed by atoms with E-state index < -0.39 is 5.66 Å². The number of carbonyl (C=O) groups excluding carboxylic acids is 1. The Hall–Kier alpha value is -1.63. The molecule has 6 N–H and O–H groups in total. The molecule has 0 aromatic rings. The van der Waals surface area contributed by atoms with Crippen LogP contribution >= 0.6 is 0 Å². The lowest BCUT2D eigenvalue weighted by Crippen LogP contribution is -2.56. The molecule has 5 atom stereocenters. The Morgan fingerprint density at radius 3 is 2.43 bits per heavy atom. The van der Waals surface area contributed by atoms with Crippen molar-refractivity contribution in [3.63, 3.8) is 0 Å². The number of fused-ring (bicyclic) bond motifs is 1. The van der Waals surface area contributed by atoms with E-state index in [4.69, 9.17) is 10.8 Å². The van der Waals surface area contributed by atoms with Gasteiger partial charge in [0.1, 0.15) is 0 Å². The van der Waals surface area contributed by atoms with Crippen LogP contribution in [0.4, 0.5) is 0 Å². The molecule has 0 fully saturated rings. The van der Waals surface area contributed by atoms with E-state index in [1.165, 1.54) is 18.4 Å². The number of hydrazine groups is 1. The maximum atomic E-state index is 11.8. The van der Waals surface area contributed by atoms with Gasteiger partial charge in [0.05, 0.1) is 17.5 Å². The van der Waals surface area contributed by atoms with Gasteiger partial charge in [0.2, 0.25) is 5.91 Å². The molecule has 6 nitrogen and oxygen atoms in total. The summed E-state index contributed by atoms with van der Waals surface area (Å²) in [4.78, 5) is 11.8. The Morgan fingerprint density at radius 2 is 1.89 bits per heavy atom. The lowest BCUT2D eigenvalue weighted by atomic mass is 9.66. The van der Waals surface area contributed by atoms with Crippen LogP contribution in [0.2, 0.25) is 0 Å². The minimum absolute atomic E-state index is 0.0853. The van der Waals surface area contributed by atoms with Gasteiger partial charge in [-0.05, 0) is 88.0 Å². The van der Waals surface area contributed by atoms with Gasteiger partial charge in [-0.25, -0.2) is 5.43 Å². The highest BCUT2D eigenvalue weighted by atomic mass is 16.3. The number of hydrogen-bond acceptors (Lipinski definition) is 5. The Balaban J connectivity index is 0.000000658.